The van der Waals surface area contributed by atoms with Gasteiger partial charge in [-0.05, 0) is 20.8 Å². The summed E-state index contributed by atoms with van der Waals surface area (Å²) < 4.78 is 8.73. The molecule has 0 aliphatic rings. The molecular weight excluding hydrogens is 308 g/mol. The molecule has 0 fully saturated rings. The Balaban J connectivity index is 2.17. The molecule has 0 aliphatic heterocycles. The minimum Gasteiger partial charge on any atom is -0.459 e. The number of aromatic nitrogens is 3. The molecule has 1 amide bonds. The fraction of sp³-hybridized carbons (Fsp3) is 0.353. The fourth-order valence-electron chi connectivity index (χ4n) is 2.86. The molecule has 0 radical (unpaired) electrons. The number of hydrogen-bond donors (Lipinski definition) is 1. The third kappa shape index (κ3) is 2.62. The number of aryl methyl sites for hydroxylation is 1. The number of nitrogens with zero attached hydrogens (tertiary/aromatic N) is 3. The zero-order valence-corrected chi connectivity index (χ0v) is 14.0. The minimum atomic E-state index is -0.322. The summed E-state index contributed by atoms with van der Waals surface area (Å²) in [6.45, 7) is 9.68. The number of carbonyl (C=O) groups excluding carboxylic acids is 1. The van der Waals surface area contributed by atoms with Crippen molar-refractivity contribution in [1.82, 2.24) is 19.7 Å². The van der Waals surface area contributed by atoms with E-state index in [0.717, 1.165) is 11.3 Å². The van der Waals surface area contributed by atoms with Crippen molar-refractivity contribution in [1.29, 1.82) is 0 Å². The first-order chi connectivity index (χ1) is 11.4. The topological polar surface area (TPSA) is 82.1 Å². The predicted molar refractivity (Wildman–Crippen MR) is 92.0 cm³/mol. The average Bonchev–Trinajstić information content (AvgIpc) is 2.99. The van der Waals surface area contributed by atoms with Crippen LogP contribution in [0.1, 0.15) is 19.6 Å². The Kier molecular flexibility index (Phi) is 4.01. The number of allylic oxidation sites excluding steroid dienone is 1. The zero-order chi connectivity index (χ0) is 17.4. The van der Waals surface area contributed by atoms with Gasteiger partial charge in [-0.2, -0.15) is 5.10 Å². The predicted octanol–water partition coefficient (Wildman–Crippen LogP) is 1.96. The van der Waals surface area contributed by atoms with Gasteiger partial charge in [-0.15, -0.1) is 6.58 Å². The molecule has 24 heavy (non-hydrogen) atoms. The van der Waals surface area contributed by atoms with Crippen LogP contribution in [0.25, 0.3) is 22.0 Å². The van der Waals surface area contributed by atoms with Crippen molar-refractivity contribution in [3.63, 3.8) is 0 Å². The van der Waals surface area contributed by atoms with Gasteiger partial charge in [0.05, 0.1) is 17.1 Å². The molecule has 3 rings (SSSR count). The van der Waals surface area contributed by atoms with Crippen LogP contribution in [0.15, 0.2) is 34.1 Å². The summed E-state index contributed by atoms with van der Waals surface area (Å²) in [4.78, 5) is 24.8. The summed E-state index contributed by atoms with van der Waals surface area (Å²) in [7, 11) is 0. The Bertz CT molecular complexity index is 991. The fourth-order valence-corrected chi connectivity index (χ4v) is 2.86. The molecule has 0 bridgehead atoms. The molecule has 0 saturated heterocycles. The number of carbonyl (C=O) groups is 1. The molecule has 3 aromatic rings. The van der Waals surface area contributed by atoms with Crippen LogP contribution in [0, 0.1) is 6.92 Å². The summed E-state index contributed by atoms with van der Waals surface area (Å²) in [5.41, 5.74) is 1.60. The smallest absolute Gasteiger partial charge is 0.291 e. The molecule has 7 nitrogen and oxygen atoms in total. The number of hydrogen-bond acceptors (Lipinski definition) is 4. The lowest BCUT2D eigenvalue weighted by Gasteiger charge is -2.09. The van der Waals surface area contributed by atoms with Crippen LogP contribution in [0.4, 0.5) is 0 Å². The van der Waals surface area contributed by atoms with Gasteiger partial charge in [-0.1, -0.05) is 6.08 Å². The number of furan rings is 1. The van der Waals surface area contributed by atoms with Crippen LogP contribution in [0.2, 0.25) is 0 Å². The van der Waals surface area contributed by atoms with E-state index in [9.17, 15) is 9.59 Å². The third-order valence-electron chi connectivity index (χ3n) is 3.71. The van der Waals surface area contributed by atoms with Crippen molar-refractivity contribution >= 4 is 27.9 Å². The molecule has 7 heteroatoms. The van der Waals surface area contributed by atoms with Gasteiger partial charge in [0.2, 0.25) is 5.91 Å². The second kappa shape index (κ2) is 5.99. The summed E-state index contributed by atoms with van der Waals surface area (Å²) in [6, 6.07) is 1.89. The molecule has 0 spiro atoms. The number of fused-ring (bicyclic) bond motifs is 3. The molecule has 126 valence electrons. The highest BCUT2D eigenvalue weighted by Gasteiger charge is 2.19. The molecule has 0 atom stereocenters. The van der Waals surface area contributed by atoms with Crippen molar-refractivity contribution in [3.8, 4) is 0 Å². The first-order valence-electron chi connectivity index (χ1n) is 7.81. The van der Waals surface area contributed by atoms with E-state index in [1.54, 1.807) is 12.3 Å². The molecule has 3 heterocycles. The van der Waals surface area contributed by atoms with Crippen LogP contribution in [0.5, 0.6) is 0 Å². The van der Waals surface area contributed by atoms with Crippen molar-refractivity contribution in [3.05, 3.63) is 41.0 Å². The summed E-state index contributed by atoms with van der Waals surface area (Å²) in [5.74, 6) is 0.514. The van der Waals surface area contributed by atoms with E-state index in [-0.39, 0.29) is 24.1 Å². The van der Waals surface area contributed by atoms with E-state index in [4.69, 9.17) is 4.42 Å². The Morgan fingerprint density at radius 1 is 1.50 bits per heavy atom. The van der Waals surface area contributed by atoms with Gasteiger partial charge in [0, 0.05) is 18.7 Å². The van der Waals surface area contributed by atoms with Gasteiger partial charge in [0.25, 0.3) is 5.56 Å². The Hall–Kier alpha value is -2.83. The van der Waals surface area contributed by atoms with Crippen LogP contribution < -0.4 is 10.9 Å². The van der Waals surface area contributed by atoms with Crippen molar-refractivity contribution < 1.29 is 9.21 Å². The monoisotopic (exact) mass is 328 g/mol. The quantitative estimate of drug-likeness (QED) is 0.726. The molecule has 0 aromatic carbocycles. The second-order valence-electron chi connectivity index (χ2n) is 6.06. The van der Waals surface area contributed by atoms with Gasteiger partial charge >= 0.3 is 0 Å². The standard InChI is InChI=1S/C17H20N4O3/c1-5-6-20-13-7-11(4)24-16(13)12-8-18-21(17(23)15(12)20)9-14(22)19-10(2)3/h5,7-8,10H,1,6,9H2,2-4H3,(H,19,22). The average molecular weight is 328 g/mol. The van der Waals surface area contributed by atoms with Gasteiger partial charge in [0.1, 0.15) is 17.8 Å². The van der Waals surface area contributed by atoms with E-state index in [1.165, 1.54) is 4.68 Å². The Morgan fingerprint density at radius 2 is 2.25 bits per heavy atom. The van der Waals surface area contributed by atoms with Crippen LogP contribution >= 0.6 is 0 Å². The van der Waals surface area contributed by atoms with E-state index in [2.05, 4.69) is 17.0 Å². The Morgan fingerprint density at radius 3 is 2.92 bits per heavy atom. The van der Waals surface area contributed by atoms with E-state index < -0.39 is 0 Å². The van der Waals surface area contributed by atoms with E-state index >= 15 is 0 Å². The van der Waals surface area contributed by atoms with E-state index in [0.29, 0.717) is 23.0 Å². The van der Waals surface area contributed by atoms with Crippen molar-refractivity contribution in [2.75, 3.05) is 0 Å². The number of nitrogens with one attached hydrogen (secondary N) is 1. The largest absolute Gasteiger partial charge is 0.459 e. The van der Waals surface area contributed by atoms with Gasteiger partial charge < -0.3 is 14.3 Å². The molecule has 0 saturated carbocycles. The minimum absolute atomic E-state index is 0.00636. The molecular formula is C17H20N4O3. The van der Waals surface area contributed by atoms with Crippen LogP contribution in [0.3, 0.4) is 0 Å². The lowest BCUT2D eigenvalue weighted by molar-refractivity contribution is -0.122. The third-order valence-corrected chi connectivity index (χ3v) is 3.71. The van der Waals surface area contributed by atoms with Crippen LogP contribution in [-0.4, -0.2) is 26.3 Å². The maximum Gasteiger partial charge on any atom is 0.291 e. The highest BCUT2D eigenvalue weighted by atomic mass is 16.3. The van der Waals surface area contributed by atoms with Crippen molar-refractivity contribution in [2.45, 2.75) is 39.9 Å². The SMILES string of the molecule is C=CCn1c2cc(C)oc2c2cnn(CC(=O)NC(C)C)c(=O)c21. The summed E-state index contributed by atoms with van der Waals surface area (Å²) in [5, 5.41) is 7.53. The van der Waals surface area contributed by atoms with Gasteiger partial charge in [-0.3, -0.25) is 9.59 Å². The normalized spacial score (nSPS) is 11.5. The maximum absolute atomic E-state index is 12.8. The lowest BCUT2D eigenvalue weighted by atomic mass is 10.3. The van der Waals surface area contributed by atoms with Gasteiger partial charge in [0.15, 0.2) is 5.58 Å². The Labute approximate surface area is 138 Å². The summed E-state index contributed by atoms with van der Waals surface area (Å²) >= 11 is 0. The highest BCUT2D eigenvalue weighted by Crippen LogP contribution is 2.29. The lowest BCUT2D eigenvalue weighted by Crippen LogP contribution is -2.37. The van der Waals surface area contributed by atoms with Crippen LogP contribution in [-0.2, 0) is 17.9 Å². The first-order valence-corrected chi connectivity index (χ1v) is 7.81. The zero-order valence-electron chi connectivity index (χ0n) is 14.0. The van der Waals surface area contributed by atoms with Gasteiger partial charge in [-0.25, -0.2) is 4.68 Å². The highest BCUT2D eigenvalue weighted by molar-refractivity contribution is 6.04. The molecule has 1 N–H and O–H groups in total. The maximum atomic E-state index is 12.8. The number of amides is 1. The molecule has 0 unspecified atom stereocenters. The van der Waals surface area contributed by atoms with E-state index in [1.807, 2.05) is 31.4 Å². The number of rotatable bonds is 5. The first kappa shape index (κ1) is 16.0. The summed E-state index contributed by atoms with van der Waals surface area (Å²) in [6.07, 6.45) is 3.29. The second-order valence-corrected chi connectivity index (χ2v) is 6.06. The molecule has 0 aliphatic carbocycles. The van der Waals surface area contributed by atoms with Crippen molar-refractivity contribution in [2.24, 2.45) is 0 Å². The molecule has 3 aromatic heterocycles.